The van der Waals surface area contributed by atoms with Gasteiger partial charge in [-0.15, -0.1) is 0 Å². The molecule has 0 bridgehead atoms. The molecule has 1 saturated carbocycles. The van der Waals surface area contributed by atoms with Crippen LogP contribution in [-0.4, -0.2) is 28.3 Å². The third kappa shape index (κ3) is 1.79. The van der Waals surface area contributed by atoms with E-state index in [1.165, 1.54) is 19.4 Å². The number of hydrogen-bond acceptors (Lipinski definition) is 4. The molecule has 3 rings (SSSR count). The summed E-state index contributed by atoms with van der Waals surface area (Å²) in [6, 6.07) is 0. The molecule has 1 aromatic rings. The molecule has 82 valence electrons. The smallest absolute Gasteiger partial charge is 0.142 e. The molecule has 2 heterocycles. The summed E-state index contributed by atoms with van der Waals surface area (Å²) in [6.07, 6.45) is 3.72. The molecule has 1 aliphatic heterocycles. The molecule has 15 heavy (non-hydrogen) atoms. The zero-order chi connectivity index (χ0) is 10.3. The molecule has 0 atom stereocenters. The van der Waals surface area contributed by atoms with Crippen LogP contribution in [0.3, 0.4) is 0 Å². The average molecular weight is 208 g/mol. The Morgan fingerprint density at radius 1 is 1.47 bits per heavy atom. The Morgan fingerprint density at radius 2 is 2.33 bits per heavy atom. The molecule has 2 aliphatic rings. The number of aromatic nitrogens is 1. The van der Waals surface area contributed by atoms with E-state index in [9.17, 15) is 0 Å². The van der Waals surface area contributed by atoms with Crippen LogP contribution in [0.25, 0.3) is 0 Å². The molecule has 1 N–H and O–H groups in total. The van der Waals surface area contributed by atoms with Crippen LogP contribution in [0.1, 0.15) is 29.9 Å². The molecular weight excluding hydrogens is 192 g/mol. The molecule has 4 nitrogen and oxygen atoms in total. The van der Waals surface area contributed by atoms with E-state index >= 15 is 0 Å². The number of aliphatic hydroxyl groups is 1. The fourth-order valence-corrected chi connectivity index (χ4v) is 2.27. The van der Waals surface area contributed by atoms with E-state index in [4.69, 9.17) is 9.63 Å². The fourth-order valence-electron chi connectivity index (χ4n) is 2.27. The molecule has 0 aromatic carbocycles. The van der Waals surface area contributed by atoms with Crippen molar-refractivity contribution in [1.29, 1.82) is 0 Å². The van der Waals surface area contributed by atoms with Crippen LogP contribution < -0.4 is 0 Å². The first-order valence-corrected chi connectivity index (χ1v) is 5.66. The minimum Gasteiger partial charge on any atom is -0.390 e. The van der Waals surface area contributed by atoms with Gasteiger partial charge >= 0.3 is 0 Å². The second-order valence-electron chi connectivity index (χ2n) is 4.62. The van der Waals surface area contributed by atoms with Crippen molar-refractivity contribution >= 4 is 0 Å². The molecule has 4 heteroatoms. The van der Waals surface area contributed by atoms with Gasteiger partial charge in [-0.3, -0.25) is 4.90 Å². The Kier molecular flexibility index (Phi) is 2.25. The van der Waals surface area contributed by atoms with Crippen LogP contribution in [0.5, 0.6) is 0 Å². The molecule has 1 fully saturated rings. The summed E-state index contributed by atoms with van der Waals surface area (Å²) in [4.78, 5) is 2.45. The summed E-state index contributed by atoms with van der Waals surface area (Å²) in [5, 5.41) is 13.0. The van der Waals surface area contributed by atoms with E-state index in [-0.39, 0.29) is 6.61 Å². The maximum atomic E-state index is 9.12. The largest absolute Gasteiger partial charge is 0.390 e. The van der Waals surface area contributed by atoms with Gasteiger partial charge in [0.2, 0.25) is 0 Å². The summed E-state index contributed by atoms with van der Waals surface area (Å²) < 4.78 is 5.21. The van der Waals surface area contributed by atoms with Gasteiger partial charge in [-0.05, 0) is 18.8 Å². The van der Waals surface area contributed by atoms with Crippen molar-refractivity contribution < 1.29 is 9.63 Å². The maximum absolute atomic E-state index is 9.12. The van der Waals surface area contributed by atoms with Gasteiger partial charge in [0.15, 0.2) is 0 Å². The molecule has 0 unspecified atom stereocenters. The van der Waals surface area contributed by atoms with Gasteiger partial charge in [-0.2, -0.15) is 0 Å². The summed E-state index contributed by atoms with van der Waals surface area (Å²) in [6.45, 7) is 3.18. The monoisotopic (exact) mass is 208 g/mol. The summed E-state index contributed by atoms with van der Waals surface area (Å²) in [5.41, 5.74) is 1.86. The highest BCUT2D eigenvalue weighted by Crippen LogP contribution is 2.32. The van der Waals surface area contributed by atoms with E-state index in [0.29, 0.717) is 0 Å². The first-order valence-electron chi connectivity index (χ1n) is 5.66. The van der Waals surface area contributed by atoms with Gasteiger partial charge in [-0.1, -0.05) is 5.16 Å². The summed E-state index contributed by atoms with van der Waals surface area (Å²) >= 11 is 0. The molecule has 0 radical (unpaired) electrons. The number of rotatable bonds is 3. The second-order valence-corrected chi connectivity index (χ2v) is 4.62. The first-order chi connectivity index (χ1) is 7.36. The van der Waals surface area contributed by atoms with Gasteiger partial charge < -0.3 is 9.63 Å². The van der Waals surface area contributed by atoms with Gasteiger partial charge in [0, 0.05) is 31.6 Å². The molecule has 0 saturated heterocycles. The molecular formula is C11H16N2O2. The minimum absolute atomic E-state index is 0.00387. The van der Waals surface area contributed by atoms with Crippen LogP contribution in [0.2, 0.25) is 0 Å². The Bertz CT molecular complexity index is 344. The summed E-state index contributed by atoms with van der Waals surface area (Å²) in [5.74, 6) is 1.90. The molecule has 0 amide bonds. The number of fused-ring (bicyclic) bond motifs is 1. The molecule has 1 aromatic heterocycles. The lowest BCUT2D eigenvalue weighted by Crippen LogP contribution is -2.32. The first kappa shape index (κ1) is 9.36. The van der Waals surface area contributed by atoms with Gasteiger partial charge in [0.05, 0.1) is 6.61 Å². The van der Waals surface area contributed by atoms with Crippen molar-refractivity contribution in [1.82, 2.24) is 10.1 Å². The predicted octanol–water partition coefficient (Wildman–Crippen LogP) is 0.935. The van der Waals surface area contributed by atoms with E-state index in [2.05, 4.69) is 10.1 Å². The highest BCUT2D eigenvalue weighted by Gasteiger charge is 2.28. The number of nitrogens with zero attached hydrogens (tertiary/aromatic N) is 2. The van der Waals surface area contributed by atoms with Gasteiger partial charge in [0.25, 0.3) is 0 Å². The molecule has 1 aliphatic carbocycles. The zero-order valence-electron chi connectivity index (χ0n) is 8.78. The quantitative estimate of drug-likeness (QED) is 0.803. The summed E-state index contributed by atoms with van der Waals surface area (Å²) in [7, 11) is 0. The Balaban J connectivity index is 1.74. The highest BCUT2D eigenvalue weighted by atomic mass is 16.5. The standard InChI is InChI=1S/C11H16N2O2/c14-7-10-9-6-13(5-8-1-2-8)4-3-11(9)15-12-10/h8,14H,1-7H2. The van der Waals surface area contributed by atoms with Crippen molar-refractivity contribution in [2.75, 3.05) is 13.1 Å². The topological polar surface area (TPSA) is 49.5 Å². The highest BCUT2D eigenvalue weighted by molar-refractivity contribution is 5.24. The Morgan fingerprint density at radius 3 is 3.07 bits per heavy atom. The van der Waals surface area contributed by atoms with Gasteiger partial charge in [0.1, 0.15) is 11.5 Å². The number of aliphatic hydroxyl groups excluding tert-OH is 1. The lowest BCUT2D eigenvalue weighted by molar-refractivity contribution is 0.227. The average Bonchev–Trinajstić information content (AvgIpc) is 2.97. The lowest BCUT2D eigenvalue weighted by Gasteiger charge is -2.25. The van der Waals surface area contributed by atoms with Crippen molar-refractivity contribution in [2.45, 2.75) is 32.4 Å². The van der Waals surface area contributed by atoms with E-state index in [1.54, 1.807) is 0 Å². The van der Waals surface area contributed by atoms with E-state index < -0.39 is 0 Å². The lowest BCUT2D eigenvalue weighted by atomic mass is 10.1. The zero-order valence-corrected chi connectivity index (χ0v) is 8.78. The van der Waals surface area contributed by atoms with E-state index in [1.807, 2.05) is 0 Å². The van der Waals surface area contributed by atoms with Crippen LogP contribution in [0, 0.1) is 5.92 Å². The van der Waals surface area contributed by atoms with E-state index in [0.717, 1.165) is 42.4 Å². The third-order valence-electron chi connectivity index (χ3n) is 3.35. The van der Waals surface area contributed by atoms with Crippen LogP contribution in [0.4, 0.5) is 0 Å². The normalized spacial score (nSPS) is 21.7. The minimum atomic E-state index is -0.00387. The Hall–Kier alpha value is -0.870. The van der Waals surface area contributed by atoms with Crippen molar-refractivity contribution in [2.24, 2.45) is 5.92 Å². The SMILES string of the molecule is OCc1noc2c1CN(CC1CC1)CC2. The van der Waals surface area contributed by atoms with Crippen molar-refractivity contribution in [3.63, 3.8) is 0 Å². The van der Waals surface area contributed by atoms with Crippen LogP contribution in [0.15, 0.2) is 4.52 Å². The van der Waals surface area contributed by atoms with Crippen molar-refractivity contribution in [3.05, 3.63) is 17.0 Å². The second kappa shape index (κ2) is 3.61. The predicted molar refractivity (Wildman–Crippen MR) is 54.1 cm³/mol. The molecule has 0 spiro atoms. The van der Waals surface area contributed by atoms with Crippen molar-refractivity contribution in [3.8, 4) is 0 Å². The van der Waals surface area contributed by atoms with Crippen LogP contribution >= 0.6 is 0 Å². The maximum Gasteiger partial charge on any atom is 0.142 e. The Labute approximate surface area is 88.9 Å². The third-order valence-corrected chi connectivity index (χ3v) is 3.35. The number of hydrogen-bond donors (Lipinski definition) is 1. The fraction of sp³-hybridized carbons (Fsp3) is 0.727. The van der Waals surface area contributed by atoms with Gasteiger partial charge in [-0.25, -0.2) is 0 Å². The van der Waals surface area contributed by atoms with Crippen LogP contribution in [-0.2, 0) is 19.6 Å².